The Kier molecular flexibility index (Phi) is 6.69. The summed E-state index contributed by atoms with van der Waals surface area (Å²) >= 11 is 3.31. The summed E-state index contributed by atoms with van der Waals surface area (Å²) < 4.78 is 27.3. The van der Waals surface area contributed by atoms with E-state index in [2.05, 4.69) is 32.5 Å². The van der Waals surface area contributed by atoms with Crippen LogP contribution in [0.1, 0.15) is 20.2 Å². The van der Waals surface area contributed by atoms with Gasteiger partial charge in [-0.05, 0) is 61.9 Å². The average Bonchev–Trinajstić information content (AvgIpc) is 3.43. The molecule has 0 saturated heterocycles. The zero-order valence-electron chi connectivity index (χ0n) is 17.2. The van der Waals surface area contributed by atoms with Gasteiger partial charge in [0.05, 0.1) is 20.5 Å². The number of aromatic nitrogens is 1. The van der Waals surface area contributed by atoms with E-state index in [0.29, 0.717) is 17.8 Å². The summed E-state index contributed by atoms with van der Waals surface area (Å²) in [5, 5.41) is 6.00. The van der Waals surface area contributed by atoms with Gasteiger partial charge in [-0.1, -0.05) is 18.2 Å². The molecule has 0 spiro atoms. The topological polar surface area (TPSA) is 88.2 Å². The lowest BCUT2D eigenvalue weighted by molar-refractivity contribution is 0.0954. The van der Waals surface area contributed by atoms with Crippen molar-refractivity contribution in [2.24, 2.45) is 0 Å². The van der Waals surface area contributed by atoms with Crippen LogP contribution in [0, 0.1) is 6.92 Å². The maximum Gasteiger partial charge on any atom is 0.261 e. The molecule has 2 aromatic carbocycles. The number of benzene rings is 2. The Bertz CT molecular complexity index is 1310. The van der Waals surface area contributed by atoms with E-state index >= 15 is 0 Å². The molecule has 4 aromatic rings. The Morgan fingerprint density at radius 3 is 2.44 bits per heavy atom. The van der Waals surface area contributed by atoms with Crippen LogP contribution in [0.2, 0.25) is 0 Å². The van der Waals surface area contributed by atoms with Crippen molar-refractivity contribution >= 4 is 44.3 Å². The first-order chi connectivity index (χ1) is 15.4. The zero-order chi connectivity index (χ0) is 22.6. The van der Waals surface area contributed by atoms with Gasteiger partial charge in [0.25, 0.3) is 15.9 Å². The van der Waals surface area contributed by atoms with Gasteiger partial charge in [0, 0.05) is 28.1 Å². The molecular formula is C23H21N3O3S3. The zero-order valence-corrected chi connectivity index (χ0v) is 19.7. The van der Waals surface area contributed by atoms with Crippen LogP contribution in [-0.2, 0) is 16.4 Å². The monoisotopic (exact) mass is 483 g/mol. The minimum absolute atomic E-state index is 0.184. The number of anilines is 1. The second-order valence-corrected chi connectivity index (χ2v) is 10.9. The molecule has 0 fully saturated rings. The number of carbonyl (C=O) groups is 1. The fourth-order valence-corrected chi connectivity index (χ4v) is 5.77. The molecule has 6 nitrogen and oxygen atoms in total. The molecule has 0 aliphatic carbocycles. The molecule has 164 valence electrons. The van der Waals surface area contributed by atoms with Crippen LogP contribution in [0.3, 0.4) is 0 Å². The number of thiazole rings is 1. The molecule has 0 aliphatic heterocycles. The fraction of sp³-hybridized carbons (Fsp3) is 0.130. The van der Waals surface area contributed by atoms with Gasteiger partial charge in [0.2, 0.25) is 0 Å². The van der Waals surface area contributed by atoms with Gasteiger partial charge in [-0.2, -0.15) is 0 Å². The summed E-state index contributed by atoms with van der Waals surface area (Å²) in [5.41, 5.74) is 1.86. The summed E-state index contributed by atoms with van der Waals surface area (Å²) in [5.74, 6) is -0.200. The van der Waals surface area contributed by atoms with Crippen LogP contribution >= 0.6 is 22.7 Å². The van der Waals surface area contributed by atoms with E-state index in [1.54, 1.807) is 65.1 Å². The van der Waals surface area contributed by atoms with Crippen LogP contribution < -0.4 is 10.0 Å². The van der Waals surface area contributed by atoms with Crippen LogP contribution in [-0.4, -0.2) is 25.9 Å². The number of carbonyl (C=O) groups excluding carboxylic acids is 1. The van der Waals surface area contributed by atoms with Crippen molar-refractivity contribution in [3.05, 3.63) is 87.6 Å². The molecule has 2 N–H and O–H groups in total. The first-order valence-electron chi connectivity index (χ1n) is 9.88. The third-order valence-corrected chi connectivity index (χ3v) is 7.98. The SMILES string of the molecule is Cc1nc(-c2ccc(CCNC(=O)c3ccc(NS(=O)(=O)c4ccccc4)cc3)s2)cs1. The second kappa shape index (κ2) is 9.64. The molecule has 0 bridgehead atoms. The number of thiophene rings is 1. The number of sulfonamides is 1. The van der Waals surface area contributed by atoms with Gasteiger partial charge < -0.3 is 5.32 Å². The molecule has 0 radical (unpaired) electrons. The van der Waals surface area contributed by atoms with Gasteiger partial charge in [-0.3, -0.25) is 9.52 Å². The molecule has 1 amide bonds. The predicted molar refractivity (Wildman–Crippen MR) is 130 cm³/mol. The van der Waals surface area contributed by atoms with Gasteiger partial charge >= 0.3 is 0 Å². The molecule has 0 atom stereocenters. The van der Waals surface area contributed by atoms with Gasteiger partial charge in [-0.25, -0.2) is 13.4 Å². The summed E-state index contributed by atoms with van der Waals surface area (Å²) in [4.78, 5) is 19.4. The molecule has 4 rings (SSSR count). The van der Waals surface area contributed by atoms with Crippen molar-refractivity contribution in [3.8, 4) is 10.6 Å². The number of amides is 1. The van der Waals surface area contributed by atoms with E-state index in [4.69, 9.17) is 0 Å². The van der Waals surface area contributed by atoms with Crippen molar-refractivity contribution < 1.29 is 13.2 Å². The van der Waals surface area contributed by atoms with Crippen molar-refractivity contribution in [1.82, 2.24) is 10.3 Å². The average molecular weight is 484 g/mol. The summed E-state index contributed by atoms with van der Waals surface area (Å²) in [7, 11) is -3.66. The number of nitrogens with zero attached hydrogens (tertiary/aromatic N) is 1. The van der Waals surface area contributed by atoms with Crippen LogP contribution in [0.4, 0.5) is 5.69 Å². The smallest absolute Gasteiger partial charge is 0.261 e. The highest BCUT2D eigenvalue weighted by Crippen LogP contribution is 2.29. The minimum Gasteiger partial charge on any atom is -0.352 e. The summed E-state index contributed by atoms with van der Waals surface area (Å²) in [6.07, 6.45) is 0.731. The Morgan fingerprint density at radius 1 is 1.00 bits per heavy atom. The first kappa shape index (κ1) is 22.2. The molecule has 32 heavy (non-hydrogen) atoms. The quantitative estimate of drug-likeness (QED) is 0.371. The number of hydrogen-bond donors (Lipinski definition) is 2. The number of aryl methyl sites for hydroxylation is 1. The molecule has 2 heterocycles. The molecule has 2 aromatic heterocycles. The highest BCUT2D eigenvalue weighted by atomic mass is 32.2. The minimum atomic E-state index is -3.66. The maximum absolute atomic E-state index is 12.4. The van der Waals surface area contributed by atoms with Crippen molar-refractivity contribution in [3.63, 3.8) is 0 Å². The lowest BCUT2D eigenvalue weighted by Crippen LogP contribution is -2.25. The lowest BCUT2D eigenvalue weighted by atomic mass is 10.2. The van der Waals surface area contributed by atoms with E-state index in [9.17, 15) is 13.2 Å². The Labute approximate surface area is 195 Å². The largest absolute Gasteiger partial charge is 0.352 e. The Balaban J connectivity index is 1.30. The van der Waals surface area contributed by atoms with Gasteiger partial charge in [-0.15, -0.1) is 22.7 Å². The van der Waals surface area contributed by atoms with Gasteiger partial charge in [0.15, 0.2) is 0 Å². The fourth-order valence-electron chi connectivity index (χ4n) is 3.03. The predicted octanol–water partition coefficient (Wildman–Crippen LogP) is 4.95. The third-order valence-electron chi connectivity index (χ3n) is 4.64. The highest BCUT2D eigenvalue weighted by molar-refractivity contribution is 7.92. The van der Waals surface area contributed by atoms with Crippen LogP contribution in [0.25, 0.3) is 10.6 Å². The molecule has 0 saturated carbocycles. The Morgan fingerprint density at radius 2 is 1.75 bits per heavy atom. The van der Waals surface area contributed by atoms with E-state index in [1.165, 1.54) is 17.0 Å². The van der Waals surface area contributed by atoms with Crippen molar-refractivity contribution in [1.29, 1.82) is 0 Å². The third kappa shape index (κ3) is 5.42. The number of hydrogen-bond acceptors (Lipinski definition) is 6. The number of rotatable bonds is 8. The van der Waals surface area contributed by atoms with Crippen LogP contribution in [0.5, 0.6) is 0 Å². The van der Waals surface area contributed by atoms with Crippen molar-refractivity contribution in [2.75, 3.05) is 11.3 Å². The Hall–Kier alpha value is -3.01. The molecule has 0 aliphatic rings. The lowest BCUT2D eigenvalue weighted by Gasteiger charge is -2.09. The van der Waals surface area contributed by atoms with E-state index in [-0.39, 0.29) is 10.8 Å². The van der Waals surface area contributed by atoms with Crippen LogP contribution in [0.15, 0.2) is 77.0 Å². The molecular weight excluding hydrogens is 462 g/mol. The van der Waals surface area contributed by atoms with Gasteiger partial charge in [0.1, 0.15) is 0 Å². The molecule has 0 unspecified atom stereocenters. The van der Waals surface area contributed by atoms with Crippen molar-refractivity contribution in [2.45, 2.75) is 18.2 Å². The second-order valence-electron chi connectivity index (χ2n) is 7.02. The summed E-state index contributed by atoms with van der Waals surface area (Å²) in [6, 6.07) is 18.6. The van der Waals surface area contributed by atoms with E-state index in [1.807, 2.05) is 6.92 Å². The maximum atomic E-state index is 12.4. The standard InChI is InChI=1S/C23H21N3O3S3/c1-16-25-21(15-30-16)22-12-11-19(31-22)13-14-24-23(27)17-7-9-18(10-8-17)26-32(28,29)20-5-3-2-4-6-20/h2-12,15,26H,13-14H2,1H3,(H,24,27). The van der Waals surface area contributed by atoms with E-state index < -0.39 is 10.0 Å². The molecule has 9 heteroatoms. The number of nitrogens with one attached hydrogen (secondary N) is 2. The normalized spacial score (nSPS) is 11.3. The summed E-state index contributed by atoms with van der Waals surface area (Å²) in [6.45, 7) is 2.50. The highest BCUT2D eigenvalue weighted by Gasteiger charge is 2.14. The van der Waals surface area contributed by atoms with E-state index in [0.717, 1.165) is 22.0 Å². The first-order valence-corrected chi connectivity index (χ1v) is 13.1.